The first-order valence-electron chi connectivity index (χ1n) is 4.26. The van der Waals surface area contributed by atoms with E-state index in [1.807, 2.05) is 29.2 Å². The highest BCUT2D eigenvalue weighted by Crippen LogP contribution is 2.34. The standard InChI is InChI=1S/C9H7ClN4/c10-8-9-13-11-5-14(9)7-4-2-1-3-6(7)12-8/h1-5,9,13H/t9-/m1/s1. The molecular formula is C9H7ClN4. The molecule has 2 heterocycles. The molecule has 70 valence electrons. The molecule has 14 heavy (non-hydrogen) atoms. The number of aliphatic imine (C=N–C) groups is 1. The highest BCUT2D eigenvalue weighted by molar-refractivity contribution is 6.67. The lowest BCUT2D eigenvalue weighted by atomic mass is 10.2. The van der Waals surface area contributed by atoms with Crippen molar-refractivity contribution in [1.29, 1.82) is 0 Å². The number of hydrazone groups is 1. The van der Waals surface area contributed by atoms with Gasteiger partial charge in [0.1, 0.15) is 6.34 Å². The SMILES string of the molecule is ClC1=Nc2ccccc2N2C=NN[C@@H]12. The van der Waals surface area contributed by atoms with Crippen molar-refractivity contribution < 1.29 is 0 Å². The first kappa shape index (κ1) is 7.82. The molecule has 2 aliphatic rings. The lowest BCUT2D eigenvalue weighted by molar-refractivity contribution is 0.720. The lowest BCUT2D eigenvalue weighted by Crippen LogP contribution is -2.43. The molecule has 0 aliphatic carbocycles. The molecule has 0 fully saturated rings. The zero-order valence-corrected chi connectivity index (χ0v) is 7.94. The van der Waals surface area contributed by atoms with Crippen LogP contribution in [0.3, 0.4) is 0 Å². The number of fused-ring (bicyclic) bond motifs is 3. The van der Waals surface area contributed by atoms with Crippen LogP contribution in [0.4, 0.5) is 11.4 Å². The summed E-state index contributed by atoms with van der Waals surface area (Å²) < 4.78 is 0. The fraction of sp³-hybridized carbons (Fsp3) is 0.111. The van der Waals surface area contributed by atoms with E-state index < -0.39 is 0 Å². The van der Waals surface area contributed by atoms with Crippen LogP contribution in [-0.4, -0.2) is 17.7 Å². The molecule has 4 nitrogen and oxygen atoms in total. The molecule has 1 aromatic rings. The molecule has 1 N–H and O–H groups in total. The number of hydrogen-bond acceptors (Lipinski definition) is 4. The minimum Gasteiger partial charge on any atom is -0.300 e. The summed E-state index contributed by atoms with van der Waals surface area (Å²) in [5.41, 5.74) is 4.78. The van der Waals surface area contributed by atoms with Crippen LogP contribution >= 0.6 is 11.6 Å². The molecule has 2 aliphatic heterocycles. The first-order chi connectivity index (χ1) is 6.86. The van der Waals surface area contributed by atoms with Crippen LogP contribution in [0.25, 0.3) is 0 Å². The molecule has 0 bridgehead atoms. The minimum absolute atomic E-state index is 0.133. The average molecular weight is 207 g/mol. The van der Waals surface area contributed by atoms with Gasteiger partial charge in [0.25, 0.3) is 0 Å². The molecule has 0 spiro atoms. The van der Waals surface area contributed by atoms with E-state index in [-0.39, 0.29) is 6.17 Å². The molecule has 0 unspecified atom stereocenters. The number of benzene rings is 1. The quantitative estimate of drug-likeness (QED) is 0.701. The van der Waals surface area contributed by atoms with Crippen molar-refractivity contribution in [3.63, 3.8) is 0 Å². The van der Waals surface area contributed by atoms with Crippen LogP contribution in [0.15, 0.2) is 34.4 Å². The zero-order valence-electron chi connectivity index (χ0n) is 7.18. The minimum atomic E-state index is -0.133. The van der Waals surface area contributed by atoms with E-state index >= 15 is 0 Å². The average Bonchev–Trinajstić information content (AvgIpc) is 2.67. The normalized spacial score (nSPS) is 22.5. The fourth-order valence-corrected chi connectivity index (χ4v) is 1.86. The van der Waals surface area contributed by atoms with E-state index in [0.717, 1.165) is 11.4 Å². The van der Waals surface area contributed by atoms with Gasteiger partial charge in [-0.3, -0.25) is 5.43 Å². The number of halogens is 1. The molecule has 1 atom stereocenters. The summed E-state index contributed by atoms with van der Waals surface area (Å²) in [6.45, 7) is 0. The predicted octanol–water partition coefficient (Wildman–Crippen LogP) is 1.65. The maximum absolute atomic E-state index is 6.01. The Bertz CT molecular complexity index is 440. The summed E-state index contributed by atoms with van der Waals surface area (Å²) in [6.07, 6.45) is 1.59. The first-order valence-corrected chi connectivity index (χ1v) is 4.64. The molecule has 5 heteroatoms. The highest BCUT2D eigenvalue weighted by atomic mass is 35.5. The molecule has 0 saturated heterocycles. The van der Waals surface area contributed by atoms with Crippen molar-refractivity contribution in [1.82, 2.24) is 5.43 Å². The van der Waals surface area contributed by atoms with E-state index in [9.17, 15) is 0 Å². The van der Waals surface area contributed by atoms with Gasteiger partial charge in [-0.1, -0.05) is 23.7 Å². The second kappa shape index (κ2) is 2.72. The molecule has 0 saturated carbocycles. The van der Waals surface area contributed by atoms with Crippen LogP contribution in [-0.2, 0) is 0 Å². The summed E-state index contributed by atoms with van der Waals surface area (Å²) in [5.74, 6) is 0. The van der Waals surface area contributed by atoms with E-state index in [2.05, 4.69) is 15.5 Å². The largest absolute Gasteiger partial charge is 0.300 e. The van der Waals surface area contributed by atoms with Crippen molar-refractivity contribution in [3.8, 4) is 0 Å². The maximum atomic E-state index is 6.01. The van der Waals surface area contributed by atoms with Crippen LogP contribution in [0.2, 0.25) is 0 Å². The number of hydrogen-bond donors (Lipinski definition) is 1. The molecular weight excluding hydrogens is 200 g/mol. The third-order valence-corrected chi connectivity index (χ3v) is 2.56. The summed E-state index contributed by atoms with van der Waals surface area (Å²) >= 11 is 6.01. The zero-order chi connectivity index (χ0) is 9.54. The number of para-hydroxylation sites is 2. The molecule has 1 aromatic carbocycles. The van der Waals surface area contributed by atoms with Gasteiger partial charge in [-0.2, -0.15) is 5.10 Å². The second-order valence-corrected chi connectivity index (χ2v) is 3.49. The Morgan fingerprint density at radius 1 is 1.36 bits per heavy atom. The van der Waals surface area contributed by atoms with Gasteiger partial charge in [-0.25, -0.2) is 4.99 Å². The number of rotatable bonds is 0. The topological polar surface area (TPSA) is 40.0 Å². The van der Waals surface area contributed by atoms with E-state index in [1.54, 1.807) is 6.34 Å². The van der Waals surface area contributed by atoms with Gasteiger partial charge < -0.3 is 4.90 Å². The monoisotopic (exact) mass is 206 g/mol. The smallest absolute Gasteiger partial charge is 0.174 e. The molecule has 0 amide bonds. The summed E-state index contributed by atoms with van der Waals surface area (Å²) in [5, 5.41) is 4.48. The molecule has 3 rings (SSSR count). The lowest BCUT2D eigenvalue weighted by Gasteiger charge is -2.27. The summed E-state index contributed by atoms with van der Waals surface area (Å²) in [7, 11) is 0. The van der Waals surface area contributed by atoms with Gasteiger partial charge in [0.15, 0.2) is 11.3 Å². The summed E-state index contributed by atoms with van der Waals surface area (Å²) in [6, 6.07) is 7.83. The van der Waals surface area contributed by atoms with Gasteiger partial charge >= 0.3 is 0 Å². The van der Waals surface area contributed by atoms with Crippen molar-refractivity contribution in [2.45, 2.75) is 6.17 Å². The third kappa shape index (κ3) is 0.943. The van der Waals surface area contributed by atoms with Gasteiger partial charge in [0.05, 0.1) is 11.4 Å². The Kier molecular flexibility index (Phi) is 1.52. The maximum Gasteiger partial charge on any atom is 0.174 e. The van der Waals surface area contributed by atoms with Crippen molar-refractivity contribution in [2.24, 2.45) is 10.1 Å². The summed E-state index contributed by atoms with van der Waals surface area (Å²) in [4.78, 5) is 6.25. The Hall–Kier alpha value is -1.55. The number of nitrogens with one attached hydrogen (secondary N) is 1. The van der Waals surface area contributed by atoms with E-state index in [1.165, 1.54) is 0 Å². The fourth-order valence-electron chi connectivity index (χ4n) is 1.62. The van der Waals surface area contributed by atoms with Crippen LogP contribution in [0.5, 0.6) is 0 Å². The van der Waals surface area contributed by atoms with E-state index in [0.29, 0.717) is 5.17 Å². The number of nitrogens with zero attached hydrogens (tertiary/aromatic N) is 3. The van der Waals surface area contributed by atoms with Gasteiger partial charge in [0.2, 0.25) is 0 Å². The van der Waals surface area contributed by atoms with Crippen molar-refractivity contribution >= 4 is 34.5 Å². The molecule has 0 radical (unpaired) electrons. The van der Waals surface area contributed by atoms with Gasteiger partial charge in [-0.05, 0) is 12.1 Å². The second-order valence-electron chi connectivity index (χ2n) is 3.11. The van der Waals surface area contributed by atoms with Crippen molar-refractivity contribution in [2.75, 3.05) is 4.90 Å². The highest BCUT2D eigenvalue weighted by Gasteiger charge is 2.30. The van der Waals surface area contributed by atoms with Crippen LogP contribution in [0, 0.1) is 0 Å². The van der Waals surface area contributed by atoms with Gasteiger partial charge in [0, 0.05) is 0 Å². The predicted molar refractivity (Wildman–Crippen MR) is 57.3 cm³/mol. The number of anilines is 1. The molecule has 0 aromatic heterocycles. The Morgan fingerprint density at radius 3 is 3.14 bits per heavy atom. The van der Waals surface area contributed by atoms with E-state index in [4.69, 9.17) is 11.6 Å². The van der Waals surface area contributed by atoms with Gasteiger partial charge in [-0.15, -0.1) is 0 Å². The Balaban J connectivity index is 2.20. The van der Waals surface area contributed by atoms with Crippen LogP contribution in [0.1, 0.15) is 0 Å². The van der Waals surface area contributed by atoms with Crippen LogP contribution < -0.4 is 10.3 Å². The third-order valence-electron chi connectivity index (χ3n) is 2.27. The Morgan fingerprint density at radius 2 is 2.21 bits per heavy atom. The Labute approximate surface area is 85.9 Å². The van der Waals surface area contributed by atoms with Crippen molar-refractivity contribution in [3.05, 3.63) is 24.3 Å².